The van der Waals surface area contributed by atoms with Gasteiger partial charge >= 0.3 is 17.1 Å². The van der Waals surface area contributed by atoms with E-state index in [1.54, 1.807) is 49.2 Å². The van der Waals surface area contributed by atoms with Crippen LogP contribution in [0.3, 0.4) is 0 Å². The van der Waals surface area contributed by atoms with Gasteiger partial charge < -0.3 is 34.1 Å². The molecule has 0 saturated carbocycles. The van der Waals surface area contributed by atoms with Crippen LogP contribution in [-0.2, 0) is 42.3 Å². The van der Waals surface area contributed by atoms with Crippen LogP contribution in [0.25, 0.3) is 0 Å². The van der Waals surface area contributed by atoms with Crippen molar-refractivity contribution >= 4 is 79.6 Å². The van der Waals surface area contributed by atoms with E-state index in [9.17, 15) is 0 Å². The van der Waals surface area contributed by atoms with Gasteiger partial charge in [-0.1, -0.05) is 68.3 Å². The van der Waals surface area contributed by atoms with Gasteiger partial charge in [-0.3, -0.25) is 0 Å². The summed E-state index contributed by atoms with van der Waals surface area (Å²) in [6.07, 6.45) is 6.38. The van der Waals surface area contributed by atoms with Crippen molar-refractivity contribution in [1.29, 1.82) is 0 Å². The summed E-state index contributed by atoms with van der Waals surface area (Å²) in [5.74, 6) is 1.09. The summed E-state index contributed by atoms with van der Waals surface area (Å²) >= 11 is 16.9. The summed E-state index contributed by atoms with van der Waals surface area (Å²) in [5, 5.41) is 16.3. The van der Waals surface area contributed by atoms with Crippen LogP contribution >= 0.6 is 31.9 Å². The molecule has 0 N–H and O–H groups in total. The molecule has 4 aromatic rings. The topological polar surface area (TPSA) is 75.7 Å². The molecule has 4 rings (SSSR count). The number of hydrogen-bond donors (Lipinski definition) is 0. The van der Waals surface area contributed by atoms with Crippen LogP contribution in [0.1, 0.15) is 22.6 Å². The number of furan rings is 2. The van der Waals surface area contributed by atoms with E-state index < -0.39 is 0 Å². The predicted octanol–water partition coefficient (Wildman–Crippen LogP) is 6.74. The molecule has 35 heavy (non-hydrogen) atoms. The molecule has 6 nitrogen and oxygen atoms in total. The zero-order valence-corrected chi connectivity index (χ0v) is 23.5. The van der Waals surface area contributed by atoms with Crippen LogP contribution in [0.15, 0.2) is 124 Å². The normalized spacial score (nSPS) is 11.8. The van der Waals surface area contributed by atoms with Crippen LogP contribution in [-0.4, -0.2) is 22.5 Å². The summed E-state index contributed by atoms with van der Waals surface area (Å²) < 4.78 is 12.1. The molecule has 0 spiro atoms. The van der Waals surface area contributed by atoms with Crippen molar-refractivity contribution in [1.82, 2.24) is 0 Å². The third-order valence-corrected chi connectivity index (χ3v) is 5.98. The number of rotatable bonds is 6. The fraction of sp³-hybridized carbons (Fsp3) is 0. The fourth-order valence-electron chi connectivity index (χ4n) is 2.35. The molecular weight excluding hydrogens is 664 g/mol. The average molecular weight is 680 g/mol. The minimum absolute atomic E-state index is 0. The van der Waals surface area contributed by atoms with Crippen molar-refractivity contribution in [2.24, 2.45) is 20.4 Å². The van der Waals surface area contributed by atoms with Gasteiger partial charge in [-0.15, -0.1) is 0 Å². The second-order valence-corrected chi connectivity index (χ2v) is 8.78. The van der Waals surface area contributed by atoms with Crippen molar-refractivity contribution in [2.45, 2.75) is 0 Å². The molecule has 1 radical (unpaired) electrons. The number of nitrogens with zero attached hydrogens (tertiary/aromatic N) is 4. The Morgan fingerprint density at radius 2 is 1.03 bits per heavy atom. The van der Waals surface area contributed by atoms with Gasteiger partial charge in [0.05, 0.1) is 25.0 Å². The van der Waals surface area contributed by atoms with Gasteiger partial charge in [0.1, 0.15) is 11.5 Å². The molecule has 2 heterocycles. The SMILES string of the molecule is [Cu+2].[S-]/C(=N\N=C\c1ccccc1Br)c1ccco1.[S-]/C(=N\N=C\c1ccccc1Br)c1ccco1. The Morgan fingerprint density at radius 1 is 0.629 bits per heavy atom. The molecule has 181 valence electrons. The van der Waals surface area contributed by atoms with Crippen molar-refractivity contribution in [3.05, 3.63) is 117 Å². The van der Waals surface area contributed by atoms with E-state index in [4.69, 9.17) is 34.1 Å². The van der Waals surface area contributed by atoms with Gasteiger partial charge in [-0.05, 0) is 46.5 Å². The maximum absolute atomic E-state index is 5.10. The summed E-state index contributed by atoms with van der Waals surface area (Å²) in [4.78, 5) is 0. The first kappa shape index (κ1) is 28.8. The molecule has 2 aromatic heterocycles. The molecule has 11 heteroatoms. The molecule has 0 aliphatic rings. The van der Waals surface area contributed by atoms with Crippen LogP contribution < -0.4 is 0 Å². The Hall–Kier alpha value is -2.40. The second-order valence-electron chi connectivity index (χ2n) is 6.30. The summed E-state index contributed by atoms with van der Waals surface area (Å²) in [6.45, 7) is 0. The van der Waals surface area contributed by atoms with Gasteiger partial charge in [-0.25, -0.2) is 0 Å². The van der Waals surface area contributed by atoms with E-state index in [2.05, 4.69) is 52.3 Å². The van der Waals surface area contributed by atoms with E-state index in [-0.39, 0.29) is 17.1 Å². The molecule has 0 atom stereocenters. The monoisotopic (exact) mass is 677 g/mol. The fourth-order valence-corrected chi connectivity index (χ4v) is 3.45. The predicted molar refractivity (Wildman–Crippen MR) is 149 cm³/mol. The molecule has 0 amide bonds. The van der Waals surface area contributed by atoms with Gasteiger partial charge in [-0.2, -0.15) is 20.4 Å². The molecule has 0 unspecified atom stereocenters. The number of hydrogen-bond acceptors (Lipinski definition) is 8. The van der Waals surface area contributed by atoms with Gasteiger partial charge in [0.2, 0.25) is 0 Å². The quantitative estimate of drug-likeness (QED) is 0.0745. The van der Waals surface area contributed by atoms with Gasteiger partial charge in [0, 0.05) is 20.1 Å². The molecule has 0 aliphatic carbocycles. The second kappa shape index (κ2) is 15.6. The van der Waals surface area contributed by atoms with Crippen molar-refractivity contribution in [3.8, 4) is 0 Å². The van der Waals surface area contributed by atoms with Gasteiger partial charge in [0.15, 0.2) is 0 Å². The van der Waals surface area contributed by atoms with Crippen LogP contribution in [0.5, 0.6) is 0 Å². The summed E-state index contributed by atoms with van der Waals surface area (Å²) in [6, 6.07) is 22.5. The van der Waals surface area contributed by atoms with Crippen LogP contribution in [0.2, 0.25) is 0 Å². The Bertz CT molecular complexity index is 1210. The Labute approximate surface area is 241 Å². The largest absolute Gasteiger partial charge is 2.00 e. The smallest absolute Gasteiger partial charge is 0.755 e. The minimum atomic E-state index is 0. The number of benzene rings is 2. The van der Waals surface area contributed by atoms with Crippen molar-refractivity contribution in [3.63, 3.8) is 0 Å². The van der Waals surface area contributed by atoms with E-state index in [0.717, 1.165) is 20.1 Å². The molecule has 0 bridgehead atoms. The molecule has 2 aromatic carbocycles. The first-order valence-corrected chi connectivity index (χ1v) is 12.1. The molecule has 0 saturated heterocycles. The Kier molecular flexibility index (Phi) is 12.8. The standard InChI is InChI=1S/2C12H9BrN2OS.Cu/c2*13-10-5-2-1-4-9(10)8-14-15-12(17)11-6-3-7-16-11;/h2*1-8H,(H,15,17);/q;;+2/p-2/b2*14-8+;. The third kappa shape index (κ3) is 9.64. The Morgan fingerprint density at radius 3 is 1.37 bits per heavy atom. The Balaban J connectivity index is 0.000000240. The average Bonchev–Trinajstić information content (AvgIpc) is 3.57. The molecule has 0 fully saturated rings. The van der Waals surface area contributed by atoms with Gasteiger partial charge in [0.25, 0.3) is 0 Å². The van der Waals surface area contributed by atoms with E-state index in [0.29, 0.717) is 21.6 Å². The maximum Gasteiger partial charge on any atom is 2.00 e. The zero-order valence-electron chi connectivity index (χ0n) is 17.7. The minimum Gasteiger partial charge on any atom is -0.755 e. The maximum atomic E-state index is 5.10. The summed E-state index contributed by atoms with van der Waals surface area (Å²) in [7, 11) is 0. The first-order chi connectivity index (χ1) is 16.5. The van der Waals surface area contributed by atoms with Crippen molar-refractivity contribution in [2.75, 3.05) is 0 Å². The zero-order chi connectivity index (χ0) is 24.2. The van der Waals surface area contributed by atoms with Crippen LogP contribution in [0, 0.1) is 0 Å². The molecular formula is C24H16Br2CuN4O2S2. The van der Waals surface area contributed by atoms with E-state index >= 15 is 0 Å². The third-order valence-electron chi connectivity index (χ3n) is 3.97. The summed E-state index contributed by atoms with van der Waals surface area (Å²) in [5.41, 5.74) is 1.89. The molecule has 0 aliphatic heterocycles. The van der Waals surface area contributed by atoms with E-state index in [1.807, 2.05) is 48.5 Å². The van der Waals surface area contributed by atoms with Crippen molar-refractivity contribution < 1.29 is 25.9 Å². The number of halogens is 2. The van der Waals surface area contributed by atoms with E-state index in [1.165, 1.54) is 0 Å². The first-order valence-electron chi connectivity index (χ1n) is 9.67. The van der Waals surface area contributed by atoms with Crippen LogP contribution in [0.4, 0.5) is 0 Å².